The van der Waals surface area contributed by atoms with E-state index in [2.05, 4.69) is 185 Å². The second kappa shape index (κ2) is 31.7. The van der Waals surface area contributed by atoms with Crippen LogP contribution in [0.15, 0.2) is 266 Å². The summed E-state index contributed by atoms with van der Waals surface area (Å²) in [7, 11) is 2.08. The second-order valence-corrected chi connectivity index (χ2v) is 34.9. The largest absolute Gasteiger partial charge is 0.454 e. The topological polar surface area (TPSA) is 201 Å². The molecule has 0 bridgehead atoms. The number of nitrogens with zero attached hydrogens (tertiary/aromatic N) is 18. The minimum atomic E-state index is -2.34. The number of hydrogen-bond acceptors (Lipinski definition) is 23. The lowest BCUT2D eigenvalue weighted by atomic mass is 10.1. The maximum atomic E-state index is 8.66. The molecule has 15 heterocycles. The van der Waals surface area contributed by atoms with Crippen LogP contribution in [0.2, 0.25) is 0 Å². The molecule has 24 rings (SSSR count). The number of para-hydroxylation sites is 4. The predicted molar refractivity (Wildman–Crippen MR) is 526 cm³/mol. The molecule has 0 fully saturated rings. The van der Waals surface area contributed by atoms with Crippen molar-refractivity contribution in [1.82, 2.24) is 44.8 Å². The van der Waals surface area contributed by atoms with E-state index in [-0.39, 0.29) is 24.7 Å². The second-order valence-electron chi connectivity index (χ2n) is 34.9. The van der Waals surface area contributed by atoms with Gasteiger partial charge in [0.2, 0.25) is 5.71 Å². The maximum absolute atomic E-state index is 8.66. The van der Waals surface area contributed by atoms with Crippen molar-refractivity contribution in [1.29, 1.82) is 0 Å². The first-order valence-electron chi connectivity index (χ1n) is 48.5. The molecule has 0 saturated heterocycles. The fraction of sp³-hybridized carbons (Fsp3) is 0.264. The van der Waals surface area contributed by atoms with Crippen molar-refractivity contribution in [2.24, 2.45) is 0 Å². The summed E-state index contributed by atoms with van der Waals surface area (Å²) in [6.45, 7) is 24.4. The van der Waals surface area contributed by atoms with Crippen LogP contribution >= 0.6 is 0 Å². The highest BCUT2D eigenvalue weighted by Crippen LogP contribution is 2.54. The van der Waals surface area contributed by atoms with E-state index in [0.29, 0.717) is 34.8 Å². The summed E-state index contributed by atoms with van der Waals surface area (Å²) in [4.78, 5) is 55.9. The van der Waals surface area contributed by atoms with Gasteiger partial charge in [0, 0.05) is 159 Å². The highest BCUT2D eigenvalue weighted by atomic mass is 16.4. The van der Waals surface area contributed by atoms with Gasteiger partial charge in [0.1, 0.15) is 53.2 Å². The van der Waals surface area contributed by atoms with E-state index in [9.17, 15) is 0 Å². The van der Waals surface area contributed by atoms with Crippen LogP contribution in [0.5, 0.6) is 0 Å². The van der Waals surface area contributed by atoms with Crippen LogP contribution in [0, 0.1) is 34.6 Å². The van der Waals surface area contributed by atoms with Gasteiger partial charge in [0.25, 0.3) is 0 Å². The summed E-state index contributed by atoms with van der Waals surface area (Å²) in [5, 5.41) is 10.6. The molecule has 0 amide bonds. The molecule has 5 aliphatic heterocycles. The molecule has 0 saturated carbocycles. The molecule has 0 spiro atoms. The molecule has 0 aliphatic carbocycles. The Morgan fingerprint density at radius 1 is 0.326 bits per heavy atom. The van der Waals surface area contributed by atoms with Gasteiger partial charge in [0.05, 0.1) is 35.5 Å². The van der Waals surface area contributed by atoms with Gasteiger partial charge in [-0.3, -0.25) is 14.7 Å². The Kier molecular flexibility index (Phi) is 17.5. The van der Waals surface area contributed by atoms with Gasteiger partial charge in [-0.25, -0.2) is 39.9 Å². The lowest BCUT2D eigenvalue weighted by Gasteiger charge is -2.39. The third kappa shape index (κ3) is 13.5. The SMILES string of the molecule is Cc1ccc2c(oc3ncccc32)c1N1C=CN(C)C1C.[2H]C(C)(C)N1c2nccnc2N(c2c(C)ccc3c2oc2ccccc23)C1C.[2H]C([2H])([2H])C(C)(C)N1c2ncccc2N(c2c(C)ccc3c2oc2ccccc23)C1C.[2H]C([2H])([2H])C(C)(C)N1c2nccnc2N(c2c(C)ccc3c2oc2ccccc23)C1C.[2H]C([2H])([2H])N1c2nccnc2N(c2c(C)ccc3c2oc2ccccc23)C1C. The quantitative estimate of drug-likeness (QED) is 0.152. The molecule has 650 valence electrons. The van der Waals surface area contributed by atoms with Crippen molar-refractivity contribution < 1.29 is 35.8 Å². The van der Waals surface area contributed by atoms with Gasteiger partial charge in [-0.2, -0.15) is 0 Å². The van der Waals surface area contributed by atoms with E-state index in [1.807, 2.05) is 183 Å². The van der Waals surface area contributed by atoms with E-state index in [1.54, 1.807) is 71.1 Å². The van der Waals surface area contributed by atoms with Crippen LogP contribution in [-0.2, 0) is 0 Å². The molecule has 23 heteroatoms. The Morgan fingerprint density at radius 3 is 1.12 bits per heavy atom. The third-order valence-corrected chi connectivity index (χ3v) is 25.4. The lowest BCUT2D eigenvalue weighted by molar-refractivity contribution is 0.383. The molecule has 9 aromatic carbocycles. The van der Waals surface area contributed by atoms with Crippen LogP contribution in [-0.4, -0.2) is 107 Å². The smallest absolute Gasteiger partial charge is 0.227 e. The summed E-state index contributed by atoms with van der Waals surface area (Å²) in [5.41, 5.74) is 16.8. The predicted octanol–water partition coefficient (Wildman–Crippen LogP) is 26.1. The first kappa shape index (κ1) is 71.4. The van der Waals surface area contributed by atoms with Crippen LogP contribution < -0.4 is 44.1 Å². The Balaban J connectivity index is 0.000000107. The molecule has 0 N–H and O–H groups in total. The molecule has 5 aliphatic rings. The van der Waals surface area contributed by atoms with E-state index >= 15 is 0 Å². The van der Waals surface area contributed by atoms with Crippen molar-refractivity contribution in [2.75, 3.05) is 58.1 Å². The number of aryl methyl sites for hydroxylation is 5. The zero-order chi connectivity index (χ0) is 98.1. The fourth-order valence-corrected chi connectivity index (χ4v) is 19.5. The van der Waals surface area contributed by atoms with Crippen LogP contribution in [0.25, 0.3) is 110 Å². The molecule has 5 unspecified atom stereocenters. The minimum Gasteiger partial charge on any atom is -0.454 e. The highest BCUT2D eigenvalue weighted by molar-refractivity contribution is 6.15. The van der Waals surface area contributed by atoms with Crippen molar-refractivity contribution in [3.05, 3.63) is 272 Å². The lowest BCUT2D eigenvalue weighted by Crippen LogP contribution is -2.49. The van der Waals surface area contributed by atoms with Crippen molar-refractivity contribution >= 4 is 185 Å². The van der Waals surface area contributed by atoms with Crippen molar-refractivity contribution in [3.63, 3.8) is 0 Å². The number of benzene rings is 9. The number of rotatable bonds is 6. The van der Waals surface area contributed by atoms with Crippen molar-refractivity contribution in [2.45, 2.75) is 172 Å². The van der Waals surface area contributed by atoms with E-state index < -0.39 is 43.9 Å². The normalized spacial score (nSPS) is 18.6. The molecule has 23 nitrogen and oxygen atoms in total. The van der Waals surface area contributed by atoms with Crippen LogP contribution in [0.3, 0.4) is 0 Å². The average molecular weight is 1720 g/mol. The minimum absolute atomic E-state index is 0.123. The number of hydrogen-bond donors (Lipinski definition) is 0. The summed E-state index contributed by atoms with van der Waals surface area (Å²) in [5.74, 6) is 4.20. The molecule has 19 aromatic rings. The van der Waals surface area contributed by atoms with Gasteiger partial charge in [-0.1, -0.05) is 133 Å². The first-order valence-corrected chi connectivity index (χ1v) is 43.5. The monoisotopic (exact) mass is 1720 g/mol. The number of anilines is 13. The fourth-order valence-electron chi connectivity index (χ4n) is 19.5. The van der Waals surface area contributed by atoms with Gasteiger partial charge in [0.15, 0.2) is 68.6 Å². The molecular weight excluding hydrogens is 1610 g/mol. The summed E-state index contributed by atoms with van der Waals surface area (Å²) < 4.78 is 113. The number of fused-ring (bicyclic) bond motifs is 19. The zero-order valence-corrected chi connectivity index (χ0v) is 75.1. The molecule has 0 radical (unpaired) electrons. The van der Waals surface area contributed by atoms with Gasteiger partial charge in [-0.15, -0.1) is 0 Å². The highest BCUT2D eigenvalue weighted by Gasteiger charge is 2.46. The average Bonchev–Trinajstić information content (AvgIpc) is 1.58. The number of pyridine rings is 2. The standard InChI is InChI=1S/C24H25N3O.C23H24N4O.C22H22N4O.C20H18N4O.C17H17N3O/c1-15-12-13-18-17-9-6-7-11-20(17)28-22(18)21(15)26-16(2)27(24(3,4)5)23-19(26)10-8-14-25-23;1-14-10-11-17-16-8-6-7-9-18(16)28-20(17)19(14)26-15(2)27(23(3,4)5)22-21(26)24-12-13-25-22;1-13(2)25-15(4)26(22-21(25)23-11-12-24-22)19-14(3)9-10-17-16-7-5-6-8-18(16)27-20(17)19;1-12-8-9-15-14-6-4-5-7-16(14)25-18(15)17(12)24-13(2)23(3)19-20(24)22-11-10-21-19;1-11-6-7-13-14-5-4-8-18-17(14)21-16(13)15(11)20-10-9-19(3)12(20)2/h6-14,16H,1-5H3;6-13,15H,1-5H3;5-13,15H,1-4H3;4-11,13H,1-3H3;4-10,12H,1-3H3/i2*3D3;13D;3D3;. The van der Waals surface area contributed by atoms with E-state index in [0.717, 1.165) is 172 Å². The van der Waals surface area contributed by atoms with Gasteiger partial charge < -0.3 is 56.4 Å². The molecule has 129 heavy (non-hydrogen) atoms. The Labute approximate surface area is 763 Å². The Morgan fingerprint density at radius 2 is 0.674 bits per heavy atom. The Bertz CT molecular complexity index is 7680. The maximum Gasteiger partial charge on any atom is 0.227 e. The van der Waals surface area contributed by atoms with Gasteiger partial charge >= 0.3 is 0 Å². The van der Waals surface area contributed by atoms with Gasteiger partial charge in [-0.05, 0) is 201 Å². The first-order chi connectivity index (χ1) is 66.2. The summed E-state index contributed by atoms with van der Waals surface area (Å²) >= 11 is 0. The number of furan rings is 5. The van der Waals surface area contributed by atoms with E-state index in [1.165, 1.54) is 16.7 Å². The molecular formula is C106H106N18O5. The summed E-state index contributed by atoms with van der Waals surface area (Å²) in [6.07, 6.45) is 16.5. The molecule has 10 aromatic heterocycles. The zero-order valence-electron chi connectivity index (χ0n) is 85.1. The van der Waals surface area contributed by atoms with Crippen LogP contribution in [0.4, 0.5) is 74.8 Å². The summed E-state index contributed by atoms with van der Waals surface area (Å²) in [6, 6.07) is 59.9. The van der Waals surface area contributed by atoms with Crippen molar-refractivity contribution in [3.8, 4) is 0 Å². The third-order valence-electron chi connectivity index (χ3n) is 25.4. The Hall–Kier alpha value is -14.7. The van der Waals surface area contributed by atoms with Crippen LogP contribution in [0.1, 0.15) is 131 Å². The molecule has 5 atom stereocenters. The van der Waals surface area contributed by atoms with E-state index in [4.69, 9.17) is 35.8 Å². The number of aromatic nitrogens is 8.